The molecule has 0 bridgehead atoms. The van der Waals surface area contributed by atoms with E-state index < -0.39 is 10.0 Å². The number of hydrogen-bond donors (Lipinski definition) is 2. The Balaban J connectivity index is 2.22. The smallest absolute Gasteiger partial charge is 0.213 e. The van der Waals surface area contributed by atoms with Gasteiger partial charge in [-0.2, -0.15) is 0 Å². The molecule has 96 valence electrons. The first-order valence-corrected chi connectivity index (χ1v) is 7.49. The summed E-state index contributed by atoms with van der Waals surface area (Å²) in [5.74, 6) is 0.194. The molecule has 0 saturated carbocycles. The van der Waals surface area contributed by atoms with E-state index in [0.29, 0.717) is 19.6 Å². The molecule has 0 aliphatic carbocycles. The summed E-state index contributed by atoms with van der Waals surface area (Å²) in [5, 5.41) is 3.23. The third kappa shape index (κ3) is 5.79. The van der Waals surface area contributed by atoms with E-state index in [1.807, 2.05) is 0 Å². The highest BCUT2D eigenvalue weighted by Gasteiger charge is 2.20. The van der Waals surface area contributed by atoms with Crippen LogP contribution in [-0.2, 0) is 14.8 Å². The lowest BCUT2D eigenvalue weighted by Crippen LogP contribution is -2.42. The minimum atomic E-state index is -3.13. The van der Waals surface area contributed by atoms with E-state index in [9.17, 15) is 8.42 Å². The summed E-state index contributed by atoms with van der Waals surface area (Å²) in [7, 11) is -1.52. The number of rotatable bonds is 7. The van der Waals surface area contributed by atoms with Crippen LogP contribution in [0.25, 0.3) is 0 Å². The average Bonchev–Trinajstić information content (AvgIpc) is 2.25. The molecule has 5 nitrogen and oxygen atoms in total. The Morgan fingerprint density at radius 1 is 1.44 bits per heavy atom. The van der Waals surface area contributed by atoms with Crippen molar-refractivity contribution in [3.63, 3.8) is 0 Å². The predicted molar refractivity (Wildman–Crippen MR) is 63.9 cm³/mol. The van der Waals surface area contributed by atoms with E-state index in [4.69, 9.17) is 4.74 Å². The second kappa shape index (κ2) is 7.21. The molecule has 0 spiro atoms. The van der Waals surface area contributed by atoms with Crippen LogP contribution in [0.1, 0.15) is 25.7 Å². The van der Waals surface area contributed by atoms with E-state index in [-0.39, 0.29) is 11.8 Å². The van der Waals surface area contributed by atoms with E-state index >= 15 is 0 Å². The largest absolute Gasteiger partial charge is 0.385 e. The molecule has 1 rings (SSSR count). The van der Waals surface area contributed by atoms with Crippen molar-refractivity contribution in [3.05, 3.63) is 0 Å². The first-order chi connectivity index (χ1) is 7.64. The van der Waals surface area contributed by atoms with Gasteiger partial charge < -0.3 is 10.1 Å². The maximum atomic E-state index is 11.7. The van der Waals surface area contributed by atoms with Crippen molar-refractivity contribution in [1.82, 2.24) is 10.0 Å². The molecular formula is C10H22N2O3S. The summed E-state index contributed by atoms with van der Waals surface area (Å²) in [6.07, 6.45) is 3.95. The molecule has 6 heteroatoms. The lowest BCUT2D eigenvalue weighted by atomic mass is 10.1. The zero-order valence-corrected chi connectivity index (χ0v) is 10.7. The minimum absolute atomic E-state index is 0.119. The number of hydrogen-bond acceptors (Lipinski definition) is 4. The summed E-state index contributed by atoms with van der Waals surface area (Å²) in [5.41, 5.74) is 0. The topological polar surface area (TPSA) is 67.4 Å². The van der Waals surface area contributed by atoms with Crippen LogP contribution in [0.15, 0.2) is 0 Å². The van der Waals surface area contributed by atoms with Crippen LogP contribution >= 0.6 is 0 Å². The van der Waals surface area contributed by atoms with Crippen LogP contribution in [0.3, 0.4) is 0 Å². The van der Waals surface area contributed by atoms with Gasteiger partial charge in [0.05, 0.1) is 5.75 Å². The lowest BCUT2D eigenvalue weighted by Gasteiger charge is -2.23. The molecule has 1 atom stereocenters. The summed E-state index contributed by atoms with van der Waals surface area (Å²) in [4.78, 5) is 0. The molecule has 0 aromatic rings. The lowest BCUT2D eigenvalue weighted by molar-refractivity contribution is 0.196. The van der Waals surface area contributed by atoms with Crippen molar-refractivity contribution < 1.29 is 13.2 Å². The Labute approximate surface area is 98.0 Å². The number of sulfonamides is 1. The van der Waals surface area contributed by atoms with Crippen molar-refractivity contribution in [1.29, 1.82) is 0 Å². The molecule has 1 aliphatic rings. The standard InChI is InChI=1S/C10H22N2O3S/c1-15-8-4-7-12-16(13,14)9-10-5-2-3-6-11-10/h10-12H,2-9H2,1H3. The normalized spacial score (nSPS) is 22.2. The molecule has 1 saturated heterocycles. The molecule has 0 aromatic heterocycles. The summed E-state index contributed by atoms with van der Waals surface area (Å²) >= 11 is 0. The quantitative estimate of drug-likeness (QED) is 0.628. The number of nitrogens with one attached hydrogen (secondary N) is 2. The first-order valence-electron chi connectivity index (χ1n) is 5.84. The highest BCUT2D eigenvalue weighted by Crippen LogP contribution is 2.08. The first kappa shape index (κ1) is 13.9. The third-order valence-electron chi connectivity index (χ3n) is 2.68. The molecule has 1 fully saturated rings. The highest BCUT2D eigenvalue weighted by molar-refractivity contribution is 7.89. The fourth-order valence-electron chi connectivity index (χ4n) is 1.83. The monoisotopic (exact) mass is 250 g/mol. The van der Waals surface area contributed by atoms with Crippen molar-refractivity contribution in [3.8, 4) is 0 Å². The minimum Gasteiger partial charge on any atom is -0.385 e. The number of piperidine rings is 1. The third-order valence-corrected chi connectivity index (χ3v) is 4.17. The molecule has 0 amide bonds. The van der Waals surface area contributed by atoms with Gasteiger partial charge in [0, 0.05) is 26.3 Å². The molecule has 16 heavy (non-hydrogen) atoms. The van der Waals surface area contributed by atoms with E-state index in [2.05, 4.69) is 10.0 Å². The van der Waals surface area contributed by atoms with Crippen molar-refractivity contribution >= 4 is 10.0 Å². The summed E-state index contributed by atoms with van der Waals surface area (Å²) < 4.78 is 30.8. The molecule has 0 radical (unpaired) electrons. The van der Waals surface area contributed by atoms with Crippen LogP contribution < -0.4 is 10.0 Å². The van der Waals surface area contributed by atoms with E-state index in [0.717, 1.165) is 25.8 Å². The van der Waals surface area contributed by atoms with Gasteiger partial charge in [-0.25, -0.2) is 13.1 Å². The van der Waals surface area contributed by atoms with Gasteiger partial charge in [0.1, 0.15) is 0 Å². The summed E-state index contributed by atoms with van der Waals surface area (Å²) in [6, 6.07) is 0.119. The summed E-state index contributed by atoms with van der Waals surface area (Å²) in [6.45, 7) is 1.98. The zero-order chi connectivity index (χ0) is 11.9. The average molecular weight is 250 g/mol. The van der Waals surface area contributed by atoms with Crippen LogP contribution in [0, 0.1) is 0 Å². The second-order valence-corrected chi connectivity index (χ2v) is 6.02. The van der Waals surface area contributed by atoms with E-state index in [1.54, 1.807) is 7.11 Å². The van der Waals surface area contributed by atoms with Gasteiger partial charge in [-0.05, 0) is 25.8 Å². The van der Waals surface area contributed by atoms with Crippen molar-refractivity contribution in [2.75, 3.05) is 32.6 Å². The Bertz CT molecular complexity index is 274. The molecule has 1 heterocycles. The number of methoxy groups -OCH3 is 1. The van der Waals surface area contributed by atoms with Crippen molar-refractivity contribution in [2.24, 2.45) is 0 Å². The van der Waals surface area contributed by atoms with Gasteiger partial charge in [-0.15, -0.1) is 0 Å². The Kier molecular flexibility index (Phi) is 6.26. The second-order valence-electron chi connectivity index (χ2n) is 4.17. The van der Waals surface area contributed by atoms with E-state index in [1.165, 1.54) is 0 Å². The number of ether oxygens (including phenoxy) is 1. The van der Waals surface area contributed by atoms with Crippen LogP contribution in [0.4, 0.5) is 0 Å². The molecule has 1 unspecified atom stereocenters. The predicted octanol–water partition coefficient (Wildman–Crippen LogP) is 0.0844. The van der Waals surface area contributed by atoms with Crippen LogP contribution in [0.2, 0.25) is 0 Å². The SMILES string of the molecule is COCCCNS(=O)(=O)CC1CCCCN1. The van der Waals surface area contributed by atoms with Gasteiger partial charge in [0.25, 0.3) is 0 Å². The maximum absolute atomic E-state index is 11.7. The van der Waals surface area contributed by atoms with Crippen LogP contribution in [0.5, 0.6) is 0 Å². The maximum Gasteiger partial charge on any atom is 0.213 e. The molecule has 0 aromatic carbocycles. The Morgan fingerprint density at radius 2 is 2.25 bits per heavy atom. The molecule has 1 aliphatic heterocycles. The zero-order valence-electron chi connectivity index (χ0n) is 9.87. The van der Waals surface area contributed by atoms with Gasteiger partial charge >= 0.3 is 0 Å². The fourth-order valence-corrected chi connectivity index (χ4v) is 3.22. The van der Waals surface area contributed by atoms with Crippen LogP contribution in [-0.4, -0.2) is 47.0 Å². The van der Waals surface area contributed by atoms with Gasteiger partial charge in [0.2, 0.25) is 10.0 Å². The Morgan fingerprint density at radius 3 is 2.88 bits per heavy atom. The van der Waals surface area contributed by atoms with Gasteiger partial charge in [0.15, 0.2) is 0 Å². The van der Waals surface area contributed by atoms with Gasteiger partial charge in [-0.1, -0.05) is 6.42 Å². The molecule has 2 N–H and O–H groups in total. The Hall–Kier alpha value is -0.170. The molecular weight excluding hydrogens is 228 g/mol. The fraction of sp³-hybridized carbons (Fsp3) is 1.00. The highest BCUT2D eigenvalue weighted by atomic mass is 32.2. The van der Waals surface area contributed by atoms with Crippen molar-refractivity contribution in [2.45, 2.75) is 31.7 Å². The van der Waals surface area contributed by atoms with Gasteiger partial charge in [-0.3, -0.25) is 0 Å².